The largest absolute Gasteiger partial charge is 0.508 e. The molecular weight excluding hydrogens is 250 g/mol. The number of Topliss-reactive ketones (excluding diaryl/α,β-unsaturated/α-hetero) is 1. The Balaban J connectivity index is 3.00. The van der Waals surface area contributed by atoms with Crippen molar-refractivity contribution in [2.24, 2.45) is 0 Å². The van der Waals surface area contributed by atoms with Crippen molar-refractivity contribution in [3.63, 3.8) is 0 Å². The number of carbonyl (C=O) groups excluding carboxylic acids is 3. The number of esters is 1. The summed E-state index contributed by atoms with van der Waals surface area (Å²) in [7, 11) is 0. The number of rotatable bonds is 5. The average molecular weight is 265 g/mol. The second kappa shape index (κ2) is 6.53. The van der Waals surface area contributed by atoms with Gasteiger partial charge in [0, 0.05) is 12.5 Å². The van der Waals surface area contributed by atoms with Gasteiger partial charge in [0.15, 0.2) is 11.8 Å². The number of benzene rings is 1. The first-order chi connectivity index (χ1) is 8.95. The average Bonchev–Trinajstić information content (AvgIpc) is 2.35. The molecule has 0 spiro atoms. The molecule has 1 aromatic carbocycles. The molecule has 1 rings (SSSR count). The first-order valence-corrected chi connectivity index (χ1v) is 5.72. The maximum Gasteiger partial charge on any atom is 0.336 e. The maximum absolute atomic E-state index is 12.1. The van der Waals surface area contributed by atoms with E-state index >= 15 is 0 Å². The molecule has 0 aliphatic heterocycles. The van der Waals surface area contributed by atoms with Crippen molar-refractivity contribution in [2.75, 3.05) is 6.61 Å². The van der Waals surface area contributed by atoms with E-state index in [1.54, 1.807) is 6.92 Å². The number of ether oxygens (including phenoxy) is 1. The van der Waals surface area contributed by atoms with Crippen LogP contribution in [0.15, 0.2) is 24.3 Å². The zero-order valence-electron chi connectivity index (χ0n) is 10.7. The van der Waals surface area contributed by atoms with Crippen molar-refractivity contribution in [2.45, 2.75) is 19.9 Å². The van der Waals surface area contributed by atoms with E-state index in [0.29, 0.717) is 0 Å². The summed E-state index contributed by atoms with van der Waals surface area (Å²) in [4.78, 5) is 34.8. The highest BCUT2D eigenvalue weighted by molar-refractivity contribution is 6.13. The molecule has 6 nitrogen and oxygen atoms in total. The van der Waals surface area contributed by atoms with Crippen LogP contribution in [0.4, 0.5) is 0 Å². The molecule has 0 bridgehead atoms. The van der Waals surface area contributed by atoms with Gasteiger partial charge >= 0.3 is 5.97 Å². The van der Waals surface area contributed by atoms with Crippen LogP contribution in [0.2, 0.25) is 0 Å². The highest BCUT2D eigenvalue weighted by Gasteiger charge is 2.29. The fourth-order valence-corrected chi connectivity index (χ4v) is 1.49. The Morgan fingerprint density at radius 1 is 1.37 bits per heavy atom. The molecule has 1 atom stereocenters. The van der Waals surface area contributed by atoms with E-state index in [2.05, 4.69) is 5.32 Å². The van der Waals surface area contributed by atoms with Gasteiger partial charge in [-0.15, -0.1) is 0 Å². The zero-order chi connectivity index (χ0) is 14.4. The van der Waals surface area contributed by atoms with Gasteiger partial charge in [-0.25, -0.2) is 4.79 Å². The molecule has 0 fully saturated rings. The highest BCUT2D eigenvalue weighted by Crippen LogP contribution is 2.13. The van der Waals surface area contributed by atoms with E-state index in [1.165, 1.54) is 31.2 Å². The molecule has 0 aliphatic rings. The molecule has 0 radical (unpaired) electrons. The Kier molecular flexibility index (Phi) is 5.05. The second-order valence-electron chi connectivity index (χ2n) is 3.80. The summed E-state index contributed by atoms with van der Waals surface area (Å²) >= 11 is 0. The number of phenols is 1. The van der Waals surface area contributed by atoms with Crippen molar-refractivity contribution in [3.8, 4) is 5.75 Å². The van der Waals surface area contributed by atoms with Crippen LogP contribution in [-0.2, 0) is 14.3 Å². The smallest absolute Gasteiger partial charge is 0.336 e. The molecule has 1 aromatic rings. The predicted octanol–water partition coefficient (Wildman–Crippen LogP) is 0.643. The van der Waals surface area contributed by atoms with Gasteiger partial charge < -0.3 is 15.2 Å². The summed E-state index contributed by atoms with van der Waals surface area (Å²) in [6.07, 6.45) is 0. The Labute approximate surface area is 110 Å². The molecule has 1 unspecified atom stereocenters. The molecule has 1 amide bonds. The number of amides is 1. The molecule has 0 saturated carbocycles. The number of ketones is 1. The van der Waals surface area contributed by atoms with Crippen LogP contribution in [0.25, 0.3) is 0 Å². The SMILES string of the molecule is CCOC(=O)C(NC(C)=O)C(=O)c1cccc(O)c1. The number of nitrogens with one attached hydrogen (secondary N) is 1. The lowest BCUT2D eigenvalue weighted by molar-refractivity contribution is -0.145. The van der Waals surface area contributed by atoms with Gasteiger partial charge in [0.05, 0.1) is 6.61 Å². The molecular formula is C13H15NO5. The quantitative estimate of drug-likeness (QED) is 0.463. The maximum atomic E-state index is 12.1. The Hall–Kier alpha value is -2.37. The summed E-state index contributed by atoms with van der Waals surface area (Å²) in [5.74, 6) is -2.08. The summed E-state index contributed by atoms with van der Waals surface area (Å²) in [5, 5.41) is 11.5. The summed E-state index contributed by atoms with van der Waals surface area (Å²) in [5.41, 5.74) is 0.117. The van der Waals surface area contributed by atoms with E-state index in [-0.39, 0.29) is 17.9 Å². The van der Waals surface area contributed by atoms with Crippen molar-refractivity contribution < 1.29 is 24.2 Å². The van der Waals surface area contributed by atoms with Crippen molar-refractivity contribution in [3.05, 3.63) is 29.8 Å². The first-order valence-electron chi connectivity index (χ1n) is 5.72. The molecule has 6 heteroatoms. The fourth-order valence-electron chi connectivity index (χ4n) is 1.49. The van der Waals surface area contributed by atoms with E-state index in [0.717, 1.165) is 0 Å². The van der Waals surface area contributed by atoms with Crippen LogP contribution < -0.4 is 5.32 Å². The standard InChI is InChI=1S/C13H15NO5/c1-3-19-13(18)11(14-8(2)15)12(17)9-5-4-6-10(16)7-9/h4-7,11,16H,3H2,1-2H3,(H,14,15). The Bertz CT molecular complexity index is 498. The minimum absolute atomic E-state index is 0.0994. The monoisotopic (exact) mass is 265 g/mol. The molecule has 0 aromatic heterocycles. The lowest BCUT2D eigenvalue weighted by atomic mass is 10.0. The van der Waals surface area contributed by atoms with Crippen LogP contribution in [0.1, 0.15) is 24.2 Å². The lowest BCUT2D eigenvalue weighted by Gasteiger charge is -2.15. The lowest BCUT2D eigenvalue weighted by Crippen LogP contribution is -2.46. The van der Waals surface area contributed by atoms with E-state index in [1.807, 2.05) is 0 Å². The molecule has 102 valence electrons. The molecule has 0 heterocycles. The highest BCUT2D eigenvalue weighted by atomic mass is 16.5. The van der Waals surface area contributed by atoms with Gasteiger partial charge in [0.2, 0.25) is 5.91 Å². The normalized spacial score (nSPS) is 11.5. The van der Waals surface area contributed by atoms with E-state index in [9.17, 15) is 19.5 Å². The zero-order valence-corrected chi connectivity index (χ0v) is 10.7. The van der Waals surface area contributed by atoms with Gasteiger partial charge in [-0.1, -0.05) is 12.1 Å². The topological polar surface area (TPSA) is 92.7 Å². The van der Waals surface area contributed by atoms with Crippen molar-refractivity contribution in [1.29, 1.82) is 0 Å². The van der Waals surface area contributed by atoms with E-state index in [4.69, 9.17) is 4.74 Å². The van der Waals surface area contributed by atoms with Crippen LogP contribution in [0, 0.1) is 0 Å². The molecule has 19 heavy (non-hydrogen) atoms. The van der Waals surface area contributed by atoms with E-state index < -0.39 is 23.7 Å². The summed E-state index contributed by atoms with van der Waals surface area (Å²) in [6.45, 7) is 2.89. The predicted molar refractivity (Wildman–Crippen MR) is 66.7 cm³/mol. The van der Waals surface area contributed by atoms with Crippen molar-refractivity contribution in [1.82, 2.24) is 5.32 Å². The minimum atomic E-state index is -1.40. The number of phenolic OH excluding ortho intramolecular Hbond substituents is 1. The molecule has 2 N–H and O–H groups in total. The van der Waals surface area contributed by atoms with Gasteiger partial charge in [0.25, 0.3) is 0 Å². The first kappa shape index (κ1) is 14.7. The van der Waals surface area contributed by atoms with Crippen molar-refractivity contribution >= 4 is 17.7 Å². The number of carbonyl (C=O) groups is 3. The Morgan fingerprint density at radius 2 is 2.05 bits per heavy atom. The van der Waals surface area contributed by atoms with Crippen LogP contribution >= 0.6 is 0 Å². The second-order valence-corrected chi connectivity index (χ2v) is 3.80. The van der Waals surface area contributed by atoms with Gasteiger partial charge in [-0.05, 0) is 19.1 Å². The number of aromatic hydroxyl groups is 1. The summed E-state index contributed by atoms with van der Waals surface area (Å²) in [6, 6.07) is 4.12. The van der Waals surface area contributed by atoms with Crippen LogP contribution in [0.5, 0.6) is 5.75 Å². The third kappa shape index (κ3) is 4.09. The Morgan fingerprint density at radius 3 is 2.58 bits per heavy atom. The van der Waals surface area contributed by atoms with Crippen LogP contribution in [0.3, 0.4) is 0 Å². The fraction of sp³-hybridized carbons (Fsp3) is 0.308. The third-order valence-electron chi connectivity index (χ3n) is 2.26. The third-order valence-corrected chi connectivity index (χ3v) is 2.26. The minimum Gasteiger partial charge on any atom is -0.508 e. The number of hydrogen-bond donors (Lipinski definition) is 2. The van der Waals surface area contributed by atoms with Gasteiger partial charge in [0.1, 0.15) is 5.75 Å². The van der Waals surface area contributed by atoms with Gasteiger partial charge in [-0.2, -0.15) is 0 Å². The summed E-state index contributed by atoms with van der Waals surface area (Å²) < 4.78 is 4.74. The van der Waals surface area contributed by atoms with Crippen LogP contribution in [-0.4, -0.2) is 35.4 Å². The number of hydrogen-bond acceptors (Lipinski definition) is 5. The molecule has 0 saturated heterocycles. The molecule has 0 aliphatic carbocycles. The van der Waals surface area contributed by atoms with Gasteiger partial charge in [-0.3, -0.25) is 9.59 Å².